The van der Waals surface area contributed by atoms with Gasteiger partial charge < -0.3 is 0 Å². The van der Waals surface area contributed by atoms with E-state index in [0.717, 1.165) is 29.2 Å². The third-order valence-electron chi connectivity index (χ3n) is 2.86. The third-order valence-corrected chi connectivity index (χ3v) is 3.88. The van der Waals surface area contributed by atoms with Crippen molar-refractivity contribution < 1.29 is 4.79 Å². The molecule has 86 valence electrons. The van der Waals surface area contributed by atoms with Gasteiger partial charge in [-0.2, -0.15) is 11.8 Å². The van der Waals surface area contributed by atoms with Gasteiger partial charge in [0.15, 0.2) is 5.78 Å². The van der Waals surface area contributed by atoms with Crippen LogP contribution in [0.1, 0.15) is 15.9 Å². The van der Waals surface area contributed by atoms with Gasteiger partial charge in [0, 0.05) is 36.0 Å². The van der Waals surface area contributed by atoms with Gasteiger partial charge in [0.25, 0.3) is 0 Å². The number of Topliss-reactive ketones (excluding diaryl/α,β-unsaturated/α-hetero) is 1. The summed E-state index contributed by atoms with van der Waals surface area (Å²) in [5.41, 5.74) is 1.77. The Kier molecular flexibility index (Phi) is 3.61. The van der Waals surface area contributed by atoms with E-state index in [0.29, 0.717) is 0 Å². The number of carbonyl (C=O) groups excluding carboxylic acids is 1. The quantitative estimate of drug-likeness (QED) is 0.731. The van der Waals surface area contributed by atoms with Crippen LogP contribution >= 0.6 is 11.8 Å². The van der Waals surface area contributed by atoms with Gasteiger partial charge in [0.2, 0.25) is 0 Å². The normalized spacial score (nSPS) is 22.0. The lowest BCUT2D eigenvalue weighted by atomic mass is 10.0. The second-order valence-electron chi connectivity index (χ2n) is 4.19. The molecule has 0 aliphatic carbocycles. The van der Waals surface area contributed by atoms with E-state index in [1.54, 1.807) is 12.4 Å². The molecule has 1 atom stereocenters. The molecule has 1 aromatic heterocycles. The molecule has 3 nitrogen and oxygen atoms in total. The third kappa shape index (κ3) is 2.44. The first-order chi connectivity index (χ1) is 7.68. The van der Waals surface area contributed by atoms with Crippen LogP contribution in [-0.2, 0) is 0 Å². The number of hydrogen-bond acceptors (Lipinski definition) is 4. The average molecular weight is 236 g/mol. The van der Waals surface area contributed by atoms with Gasteiger partial charge in [-0.3, -0.25) is 14.7 Å². The van der Waals surface area contributed by atoms with E-state index in [-0.39, 0.29) is 11.8 Å². The number of aryl methyl sites for hydroxylation is 1. The highest BCUT2D eigenvalue weighted by Gasteiger charge is 2.27. The molecule has 1 aliphatic rings. The number of carbonyl (C=O) groups is 1. The fourth-order valence-electron chi connectivity index (χ4n) is 1.84. The Morgan fingerprint density at radius 3 is 3.06 bits per heavy atom. The van der Waals surface area contributed by atoms with Crippen molar-refractivity contribution in [1.82, 2.24) is 9.88 Å². The van der Waals surface area contributed by atoms with E-state index in [4.69, 9.17) is 0 Å². The topological polar surface area (TPSA) is 33.2 Å². The SMILES string of the molecule is Cc1cncc(C(=O)C2CSCCN2C)c1. The molecule has 0 aromatic carbocycles. The van der Waals surface area contributed by atoms with Crippen LogP contribution in [0.3, 0.4) is 0 Å². The Labute approximate surface area is 100 Å². The van der Waals surface area contributed by atoms with E-state index >= 15 is 0 Å². The van der Waals surface area contributed by atoms with Gasteiger partial charge in [-0.15, -0.1) is 0 Å². The van der Waals surface area contributed by atoms with Crippen molar-refractivity contribution in [2.45, 2.75) is 13.0 Å². The van der Waals surface area contributed by atoms with E-state index in [1.165, 1.54) is 0 Å². The smallest absolute Gasteiger partial charge is 0.182 e. The lowest BCUT2D eigenvalue weighted by Crippen LogP contribution is -2.44. The summed E-state index contributed by atoms with van der Waals surface area (Å²) in [6.45, 7) is 2.95. The summed E-state index contributed by atoms with van der Waals surface area (Å²) in [5.74, 6) is 2.21. The zero-order valence-electron chi connectivity index (χ0n) is 9.64. The summed E-state index contributed by atoms with van der Waals surface area (Å²) in [4.78, 5) is 18.5. The molecule has 1 fully saturated rings. The summed E-state index contributed by atoms with van der Waals surface area (Å²) in [6, 6.07) is 1.94. The second-order valence-corrected chi connectivity index (χ2v) is 5.34. The van der Waals surface area contributed by atoms with Crippen LogP contribution in [-0.4, -0.2) is 46.8 Å². The highest BCUT2D eigenvalue weighted by atomic mass is 32.2. The molecule has 16 heavy (non-hydrogen) atoms. The Balaban J connectivity index is 2.17. The number of pyridine rings is 1. The fourth-order valence-corrected chi connectivity index (χ4v) is 3.06. The van der Waals surface area contributed by atoms with Crippen molar-refractivity contribution in [1.29, 1.82) is 0 Å². The van der Waals surface area contributed by atoms with E-state index in [9.17, 15) is 4.79 Å². The number of nitrogens with zero attached hydrogens (tertiary/aromatic N) is 2. The zero-order valence-corrected chi connectivity index (χ0v) is 10.5. The standard InChI is InChI=1S/C12H16N2OS/c1-9-5-10(7-13-6-9)12(15)11-8-16-4-3-14(11)2/h5-7,11H,3-4,8H2,1-2H3. The van der Waals surface area contributed by atoms with Crippen molar-refractivity contribution in [3.8, 4) is 0 Å². The van der Waals surface area contributed by atoms with Crippen LogP contribution in [0.25, 0.3) is 0 Å². The summed E-state index contributed by atoms with van der Waals surface area (Å²) in [6.07, 6.45) is 3.44. The number of rotatable bonds is 2. The molecule has 0 amide bonds. The van der Waals surface area contributed by atoms with Crippen molar-refractivity contribution in [3.63, 3.8) is 0 Å². The fraction of sp³-hybridized carbons (Fsp3) is 0.500. The first-order valence-corrected chi connectivity index (χ1v) is 6.58. The first kappa shape index (κ1) is 11.6. The van der Waals surface area contributed by atoms with Crippen LogP contribution in [0.4, 0.5) is 0 Å². The first-order valence-electron chi connectivity index (χ1n) is 5.42. The molecule has 1 unspecified atom stereocenters. The van der Waals surface area contributed by atoms with Gasteiger partial charge in [-0.1, -0.05) is 0 Å². The van der Waals surface area contributed by atoms with Gasteiger partial charge in [0.05, 0.1) is 6.04 Å². The largest absolute Gasteiger partial charge is 0.295 e. The number of thioether (sulfide) groups is 1. The van der Waals surface area contributed by atoms with Crippen molar-refractivity contribution in [2.24, 2.45) is 0 Å². The molecule has 4 heteroatoms. The molecule has 0 saturated carbocycles. The highest BCUT2D eigenvalue weighted by Crippen LogP contribution is 2.18. The molecule has 2 heterocycles. The molecule has 0 N–H and O–H groups in total. The van der Waals surface area contributed by atoms with Crippen LogP contribution < -0.4 is 0 Å². The molecular formula is C12H16N2OS. The number of aromatic nitrogens is 1. The van der Waals surface area contributed by atoms with Crippen LogP contribution in [0.2, 0.25) is 0 Å². The molecule has 0 bridgehead atoms. The van der Waals surface area contributed by atoms with Gasteiger partial charge >= 0.3 is 0 Å². The van der Waals surface area contributed by atoms with Crippen molar-refractivity contribution >= 4 is 17.5 Å². The lowest BCUT2D eigenvalue weighted by molar-refractivity contribution is 0.0874. The number of likely N-dealkylation sites (N-methyl/N-ethyl adjacent to an activating group) is 1. The Bertz CT molecular complexity index is 394. The monoisotopic (exact) mass is 236 g/mol. The lowest BCUT2D eigenvalue weighted by Gasteiger charge is -2.30. The molecule has 1 saturated heterocycles. The second kappa shape index (κ2) is 4.97. The van der Waals surface area contributed by atoms with E-state index in [2.05, 4.69) is 9.88 Å². The maximum absolute atomic E-state index is 12.3. The average Bonchev–Trinajstić information content (AvgIpc) is 2.29. The summed E-state index contributed by atoms with van der Waals surface area (Å²) < 4.78 is 0. The van der Waals surface area contributed by atoms with Gasteiger partial charge in [-0.05, 0) is 25.6 Å². The van der Waals surface area contributed by atoms with E-state index < -0.39 is 0 Å². The van der Waals surface area contributed by atoms with E-state index in [1.807, 2.05) is 31.8 Å². The Morgan fingerprint density at radius 1 is 1.56 bits per heavy atom. The molecule has 1 aliphatic heterocycles. The molecule has 0 spiro atoms. The van der Waals surface area contributed by atoms with Gasteiger partial charge in [0.1, 0.15) is 0 Å². The highest BCUT2D eigenvalue weighted by molar-refractivity contribution is 7.99. The van der Waals surface area contributed by atoms with Crippen LogP contribution in [0, 0.1) is 6.92 Å². The minimum atomic E-state index is 0.0161. The maximum atomic E-state index is 12.3. The Hall–Kier alpha value is -0.870. The van der Waals surface area contributed by atoms with Crippen LogP contribution in [0.5, 0.6) is 0 Å². The number of ketones is 1. The Morgan fingerprint density at radius 2 is 2.38 bits per heavy atom. The molecule has 1 aromatic rings. The number of hydrogen-bond donors (Lipinski definition) is 0. The van der Waals surface area contributed by atoms with Crippen LogP contribution in [0.15, 0.2) is 18.5 Å². The maximum Gasteiger partial charge on any atom is 0.182 e. The minimum absolute atomic E-state index is 0.0161. The molecular weight excluding hydrogens is 220 g/mol. The van der Waals surface area contributed by atoms with Gasteiger partial charge in [-0.25, -0.2) is 0 Å². The molecule has 0 radical (unpaired) electrons. The predicted octanol–water partition coefficient (Wildman–Crippen LogP) is 1.62. The minimum Gasteiger partial charge on any atom is -0.295 e. The zero-order chi connectivity index (χ0) is 11.5. The summed E-state index contributed by atoms with van der Waals surface area (Å²) in [7, 11) is 2.02. The molecule has 2 rings (SSSR count). The predicted molar refractivity (Wildman–Crippen MR) is 67.0 cm³/mol. The summed E-state index contributed by atoms with van der Waals surface area (Å²) in [5, 5.41) is 0. The van der Waals surface area contributed by atoms with Crippen molar-refractivity contribution in [2.75, 3.05) is 25.1 Å². The van der Waals surface area contributed by atoms with Crippen molar-refractivity contribution in [3.05, 3.63) is 29.6 Å². The summed E-state index contributed by atoms with van der Waals surface area (Å²) >= 11 is 1.85.